The molecule has 0 heterocycles. The van der Waals surface area contributed by atoms with Crippen LogP contribution in [0.25, 0.3) is 0 Å². The van der Waals surface area contributed by atoms with Crippen LogP contribution in [-0.2, 0) is 13.6 Å². The third kappa shape index (κ3) is 5.83. The van der Waals surface area contributed by atoms with E-state index in [1.807, 2.05) is 0 Å². The third-order valence-corrected chi connectivity index (χ3v) is 2.75. The van der Waals surface area contributed by atoms with Gasteiger partial charge < -0.3 is 9.05 Å². The van der Waals surface area contributed by atoms with Gasteiger partial charge >= 0.3 is 26.5 Å². The van der Waals surface area contributed by atoms with Crippen LogP contribution < -0.4 is 0 Å². The van der Waals surface area contributed by atoms with E-state index >= 15 is 0 Å². The molecule has 0 radical (unpaired) electrons. The van der Waals surface area contributed by atoms with E-state index in [-0.39, 0.29) is 25.0 Å². The van der Waals surface area contributed by atoms with Crippen LogP contribution in [0, 0.1) is 11.3 Å². The standard InChI is InChI=1S/C6H12NO3P.Li.H/c1-3-9-11(8,6-5-7)10-4-2;;/h3-4,6H2,1-2H3;;. The van der Waals surface area contributed by atoms with Gasteiger partial charge in [0.25, 0.3) is 0 Å². The van der Waals surface area contributed by atoms with Crippen molar-refractivity contribution in [3.63, 3.8) is 0 Å². The van der Waals surface area contributed by atoms with E-state index in [0.717, 1.165) is 0 Å². The van der Waals surface area contributed by atoms with Crippen molar-refractivity contribution in [3.8, 4) is 6.07 Å². The van der Waals surface area contributed by atoms with E-state index in [0.29, 0.717) is 13.2 Å². The zero-order chi connectivity index (χ0) is 8.74. The summed E-state index contributed by atoms with van der Waals surface area (Å²) in [6, 6.07) is 1.76. The zero-order valence-electron chi connectivity index (χ0n) is 6.74. The fourth-order valence-electron chi connectivity index (χ4n) is 0.609. The SMILES string of the molecule is CCOP(=O)(CC#N)OCC.[LiH]. The third-order valence-electron chi connectivity index (χ3n) is 0.916. The normalized spacial score (nSPS) is 10.1. The topological polar surface area (TPSA) is 59.3 Å². The molecule has 0 atom stereocenters. The molecule has 0 aliphatic heterocycles. The van der Waals surface area contributed by atoms with Crippen LogP contribution in [0.15, 0.2) is 0 Å². The van der Waals surface area contributed by atoms with Crippen LogP contribution >= 0.6 is 7.60 Å². The summed E-state index contributed by atoms with van der Waals surface area (Å²) in [5.41, 5.74) is 0. The van der Waals surface area contributed by atoms with Gasteiger partial charge in [-0.1, -0.05) is 0 Å². The number of hydrogen-bond acceptors (Lipinski definition) is 4. The molecule has 0 rings (SSSR count). The van der Waals surface area contributed by atoms with E-state index in [1.165, 1.54) is 0 Å². The Bertz CT molecular complexity index is 182. The maximum atomic E-state index is 11.3. The molecule has 6 heteroatoms. The van der Waals surface area contributed by atoms with Crippen molar-refractivity contribution in [2.24, 2.45) is 0 Å². The first-order valence-electron chi connectivity index (χ1n) is 3.43. The number of nitrogens with zero attached hydrogens (tertiary/aromatic N) is 1. The summed E-state index contributed by atoms with van der Waals surface area (Å²) < 4.78 is 21.0. The number of hydrogen-bond donors (Lipinski definition) is 0. The van der Waals surface area contributed by atoms with E-state index in [2.05, 4.69) is 0 Å². The first-order chi connectivity index (χ1) is 5.18. The zero-order valence-corrected chi connectivity index (χ0v) is 7.63. The molecule has 0 aromatic heterocycles. The van der Waals surface area contributed by atoms with E-state index in [4.69, 9.17) is 14.3 Å². The molecule has 0 aliphatic rings. The molecule has 0 fully saturated rings. The fraction of sp³-hybridized carbons (Fsp3) is 0.833. The summed E-state index contributed by atoms with van der Waals surface area (Å²) in [6.07, 6.45) is -0.172. The molecule has 12 heavy (non-hydrogen) atoms. The second-order valence-electron chi connectivity index (χ2n) is 1.76. The van der Waals surface area contributed by atoms with Crippen molar-refractivity contribution in [2.45, 2.75) is 13.8 Å². The van der Waals surface area contributed by atoms with Crippen LogP contribution in [-0.4, -0.2) is 38.2 Å². The van der Waals surface area contributed by atoms with Gasteiger partial charge in [0.05, 0.1) is 19.3 Å². The molecule has 0 N–H and O–H groups in total. The van der Waals surface area contributed by atoms with Crippen molar-refractivity contribution in [2.75, 3.05) is 19.4 Å². The Labute approximate surface area is 84.9 Å². The minimum absolute atomic E-state index is 0. The molecule has 0 aliphatic carbocycles. The van der Waals surface area contributed by atoms with E-state index in [9.17, 15) is 4.57 Å². The van der Waals surface area contributed by atoms with Gasteiger partial charge in [-0.3, -0.25) is 4.57 Å². The molecular weight excluding hydrogens is 172 g/mol. The molecule has 66 valence electrons. The van der Waals surface area contributed by atoms with Gasteiger partial charge in [0.1, 0.15) is 6.16 Å². The number of nitriles is 1. The van der Waals surface area contributed by atoms with Gasteiger partial charge in [-0.2, -0.15) is 5.26 Å². The van der Waals surface area contributed by atoms with Crippen LogP contribution in [0.4, 0.5) is 0 Å². The van der Waals surface area contributed by atoms with Gasteiger partial charge in [-0.25, -0.2) is 0 Å². The minimum atomic E-state index is -3.08. The average Bonchev–Trinajstić information content (AvgIpc) is 1.88. The second-order valence-corrected chi connectivity index (χ2v) is 3.82. The molecule has 0 unspecified atom stereocenters. The summed E-state index contributed by atoms with van der Waals surface area (Å²) >= 11 is 0. The quantitative estimate of drug-likeness (QED) is 0.475. The van der Waals surface area contributed by atoms with E-state index in [1.54, 1.807) is 19.9 Å². The average molecular weight is 185 g/mol. The van der Waals surface area contributed by atoms with Gasteiger partial charge in [-0.05, 0) is 13.8 Å². The van der Waals surface area contributed by atoms with Crippen molar-refractivity contribution in [1.29, 1.82) is 5.26 Å². The maximum absolute atomic E-state index is 11.3. The molecule has 4 nitrogen and oxygen atoms in total. The van der Waals surface area contributed by atoms with Crippen LogP contribution in [0.1, 0.15) is 13.8 Å². The Morgan fingerprint density at radius 1 is 1.33 bits per heavy atom. The Kier molecular flexibility index (Phi) is 9.66. The predicted molar refractivity (Wildman–Crippen MR) is 48.5 cm³/mol. The van der Waals surface area contributed by atoms with Crippen molar-refractivity contribution in [3.05, 3.63) is 0 Å². The Morgan fingerprint density at radius 3 is 2.00 bits per heavy atom. The molecule has 0 aromatic carbocycles. The van der Waals surface area contributed by atoms with Crippen LogP contribution in [0.3, 0.4) is 0 Å². The van der Waals surface area contributed by atoms with Gasteiger partial charge in [0.2, 0.25) is 0 Å². The summed E-state index contributed by atoms with van der Waals surface area (Å²) in [7, 11) is -3.08. The molecule has 0 amide bonds. The molecule has 0 spiro atoms. The molecular formula is C6H13LiNO3P. The Hall–Kier alpha value is 0.237. The van der Waals surface area contributed by atoms with Crippen LogP contribution in [0.5, 0.6) is 0 Å². The first-order valence-corrected chi connectivity index (χ1v) is 5.16. The Balaban J connectivity index is 0. The summed E-state index contributed by atoms with van der Waals surface area (Å²) in [5, 5.41) is 8.27. The van der Waals surface area contributed by atoms with Gasteiger partial charge in [0.15, 0.2) is 0 Å². The summed E-state index contributed by atoms with van der Waals surface area (Å²) in [4.78, 5) is 0. The van der Waals surface area contributed by atoms with Crippen molar-refractivity contribution < 1.29 is 13.6 Å². The number of rotatable bonds is 5. The molecule has 0 aromatic rings. The Morgan fingerprint density at radius 2 is 1.75 bits per heavy atom. The van der Waals surface area contributed by atoms with E-state index < -0.39 is 7.60 Å². The molecule has 0 saturated heterocycles. The molecule has 0 saturated carbocycles. The van der Waals surface area contributed by atoms with Gasteiger partial charge in [-0.15, -0.1) is 0 Å². The second kappa shape index (κ2) is 7.86. The predicted octanol–water partition coefficient (Wildman–Crippen LogP) is 1.13. The van der Waals surface area contributed by atoms with Crippen LogP contribution in [0.2, 0.25) is 0 Å². The molecule has 0 bridgehead atoms. The monoisotopic (exact) mass is 185 g/mol. The summed E-state index contributed by atoms with van der Waals surface area (Å²) in [5.74, 6) is 0. The van der Waals surface area contributed by atoms with Crippen molar-refractivity contribution >= 4 is 26.5 Å². The summed E-state index contributed by atoms with van der Waals surface area (Å²) in [6.45, 7) is 4.03. The fourth-order valence-corrected chi connectivity index (χ4v) is 1.83. The first kappa shape index (κ1) is 14.7. The van der Waals surface area contributed by atoms with Crippen molar-refractivity contribution in [1.82, 2.24) is 0 Å². The van der Waals surface area contributed by atoms with Gasteiger partial charge in [0, 0.05) is 0 Å².